The van der Waals surface area contributed by atoms with E-state index in [2.05, 4.69) is 53.3 Å². The second-order valence-corrected chi connectivity index (χ2v) is 5.53. The van der Waals surface area contributed by atoms with Gasteiger partial charge in [0, 0.05) is 22.1 Å². The van der Waals surface area contributed by atoms with Gasteiger partial charge in [0.25, 0.3) is 0 Å². The number of anilines is 1. The van der Waals surface area contributed by atoms with Gasteiger partial charge in [0.15, 0.2) is 0 Å². The van der Waals surface area contributed by atoms with E-state index in [0.717, 1.165) is 24.2 Å². The van der Waals surface area contributed by atoms with E-state index in [1.165, 1.54) is 11.3 Å². The summed E-state index contributed by atoms with van der Waals surface area (Å²) in [5.74, 6) is 0. The summed E-state index contributed by atoms with van der Waals surface area (Å²) < 4.78 is 6.35. The smallest absolute Gasteiger partial charge is 0.0559 e. The molecule has 0 unspecified atom stereocenters. The lowest BCUT2D eigenvalue weighted by Crippen LogP contribution is -2.45. The van der Waals surface area contributed by atoms with E-state index in [9.17, 15) is 0 Å². The number of ether oxygens (including phenoxy) is 1. The number of rotatable bonds is 3. The molecular weight excluding hydrogens is 254 g/mol. The highest BCUT2D eigenvalue weighted by Crippen LogP contribution is 2.28. The van der Waals surface area contributed by atoms with Crippen LogP contribution in [0.25, 0.3) is 0 Å². The van der Waals surface area contributed by atoms with Crippen LogP contribution in [0.5, 0.6) is 0 Å². The number of halogens is 1. The maximum Gasteiger partial charge on any atom is 0.0559 e. The van der Waals surface area contributed by atoms with Gasteiger partial charge < -0.3 is 10.1 Å². The Balaban J connectivity index is 2.01. The monoisotopic (exact) mass is 269 g/mol. The zero-order chi connectivity index (χ0) is 10.9. The van der Waals surface area contributed by atoms with Gasteiger partial charge in [-0.25, -0.2) is 0 Å². The Morgan fingerprint density at radius 1 is 1.47 bits per heavy atom. The predicted molar refractivity (Wildman–Crippen MR) is 66.3 cm³/mol. The number of hydrogen-bond donors (Lipinski definition) is 1. The molecule has 2 rings (SSSR count). The number of aryl methyl sites for hydroxylation is 1. The van der Waals surface area contributed by atoms with Crippen molar-refractivity contribution in [3.63, 3.8) is 0 Å². The van der Waals surface area contributed by atoms with Crippen LogP contribution in [0.2, 0.25) is 0 Å². The largest absolute Gasteiger partial charge is 0.384 e. The van der Waals surface area contributed by atoms with Gasteiger partial charge in [-0.2, -0.15) is 0 Å². The molecule has 2 nitrogen and oxygen atoms in total. The molecule has 1 N–H and O–H groups in total. The van der Waals surface area contributed by atoms with E-state index in [1.807, 2.05) is 0 Å². The van der Waals surface area contributed by atoms with Crippen molar-refractivity contribution in [2.45, 2.75) is 13.8 Å². The minimum Gasteiger partial charge on any atom is -0.384 e. The molecule has 15 heavy (non-hydrogen) atoms. The van der Waals surface area contributed by atoms with Crippen LogP contribution in [0.15, 0.2) is 22.7 Å². The Hall–Kier alpha value is -0.540. The average Bonchev–Trinajstić information content (AvgIpc) is 2.17. The Morgan fingerprint density at radius 2 is 2.20 bits per heavy atom. The molecule has 0 saturated carbocycles. The van der Waals surface area contributed by atoms with Crippen molar-refractivity contribution >= 4 is 21.6 Å². The van der Waals surface area contributed by atoms with Gasteiger partial charge in [-0.15, -0.1) is 0 Å². The maximum absolute atomic E-state index is 5.23. The van der Waals surface area contributed by atoms with E-state index in [0.29, 0.717) is 5.41 Å². The van der Waals surface area contributed by atoms with Crippen molar-refractivity contribution in [1.29, 1.82) is 0 Å². The lowest BCUT2D eigenvalue weighted by Gasteiger charge is -2.38. The zero-order valence-corrected chi connectivity index (χ0v) is 10.7. The van der Waals surface area contributed by atoms with Crippen molar-refractivity contribution in [2.75, 3.05) is 25.1 Å². The molecule has 1 fully saturated rings. The van der Waals surface area contributed by atoms with E-state index in [1.54, 1.807) is 0 Å². The Kier molecular flexibility index (Phi) is 3.03. The van der Waals surface area contributed by atoms with Gasteiger partial charge in [0.2, 0.25) is 0 Å². The summed E-state index contributed by atoms with van der Waals surface area (Å²) in [5.41, 5.74) is 2.80. The molecule has 1 aliphatic rings. The van der Waals surface area contributed by atoms with Gasteiger partial charge in [-0.1, -0.05) is 28.9 Å². The van der Waals surface area contributed by atoms with E-state index in [-0.39, 0.29) is 0 Å². The maximum atomic E-state index is 5.23. The SMILES string of the molecule is Cc1ccc(Br)cc1NCC1(C)COC1. The first-order valence-corrected chi connectivity index (χ1v) is 5.96. The molecule has 1 aromatic rings. The molecule has 1 heterocycles. The van der Waals surface area contributed by atoms with Gasteiger partial charge in [-0.3, -0.25) is 0 Å². The van der Waals surface area contributed by atoms with Crippen LogP contribution in [-0.4, -0.2) is 19.8 Å². The molecule has 0 amide bonds. The summed E-state index contributed by atoms with van der Waals surface area (Å²) in [6, 6.07) is 6.30. The van der Waals surface area contributed by atoms with E-state index in [4.69, 9.17) is 4.74 Å². The molecule has 1 aromatic carbocycles. The third-order valence-corrected chi connectivity index (χ3v) is 3.30. The summed E-state index contributed by atoms with van der Waals surface area (Å²) in [7, 11) is 0. The summed E-state index contributed by atoms with van der Waals surface area (Å²) in [6.45, 7) is 7.08. The third-order valence-electron chi connectivity index (χ3n) is 2.81. The average molecular weight is 270 g/mol. The van der Waals surface area contributed by atoms with Crippen molar-refractivity contribution in [2.24, 2.45) is 5.41 Å². The van der Waals surface area contributed by atoms with Crippen molar-refractivity contribution in [3.8, 4) is 0 Å². The second-order valence-electron chi connectivity index (χ2n) is 4.62. The molecule has 0 aliphatic carbocycles. The van der Waals surface area contributed by atoms with E-state index < -0.39 is 0 Å². The molecule has 1 saturated heterocycles. The fourth-order valence-corrected chi connectivity index (χ4v) is 2.01. The number of nitrogens with one attached hydrogen (secondary N) is 1. The third kappa shape index (κ3) is 2.52. The Morgan fingerprint density at radius 3 is 2.80 bits per heavy atom. The molecule has 0 radical (unpaired) electrons. The summed E-state index contributed by atoms with van der Waals surface area (Å²) in [4.78, 5) is 0. The first kappa shape index (κ1) is 11.0. The summed E-state index contributed by atoms with van der Waals surface area (Å²) in [5, 5.41) is 3.49. The van der Waals surface area contributed by atoms with Crippen molar-refractivity contribution < 1.29 is 4.74 Å². The molecule has 3 heteroatoms. The minimum atomic E-state index is 0.314. The quantitative estimate of drug-likeness (QED) is 0.910. The van der Waals surface area contributed by atoms with Crippen LogP contribution in [0, 0.1) is 12.3 Å². The molecule has 0 aromatic heterocycles. The highest BCUT2D eigenvalue weighted by molar-refractivity contribution is 9.10. The highest BCUT2D eigenvalue weighted by atomic mass is 79.9. The highest BCUT2D eigenvalue weighted by Gasteiger charge is 2.32. The van der Waals surface area contributed by atoms with Crippen LogP contribution in [0.1, 0.15) is 12.5 Å². The normalized spacial score (nSPS) is 18.3. The molecule has 0 bridgehead atoms. The lowest BCUT2D eigenvalue weighted by molar-refractivity contribution is -0.0924. The first-order valence-electron chi connectivity index (χ1n) is 5.17. The fraction of sp³-hybridized carbons (Fsp3) is 0.500. The van der Waals surface area contributed by atoms with Crippen LogP contribution in [0.4, 0.5) is 5.69 Å². The second kappa shape index (κ2) is 4.14. The lowest BCUT2D eigenvalue weighted by atomic mass is 9.88. The van der Waals surface area contributed by atoms with Gasteiger partial charge in [-0.05, 0) is 24.6 Å². The van der Waals surface area contributed by atoms with Crippen LogP contribution < -0.4 is 5.32 Å². The van der Waals surface area contributed by atoms with Crippen LogP contribution >= 0.6 is 15.9 Å². The zero-order valence-electron chi connectivity index (χ0n) is 9.14. The standard InChI is InChI=1S/C12H16BrNO/c1-9-3-4-10(13)5-11(9)14-6-12(2)7-15-8-12/h3-5,14H,6-8H2,1-2H3. The fourth-order valence-electron chi connectivity index (χ4n) is 1.65. The van der Waals surface area contributed by atoms with Crippen molar-refractivity contribution in [1.82, 2.24) is 0 Å². The van der Waals surface area contributed by atoms with E-state index >= 15 is 0 Å². The first-order chi connectivity index (χ1) is 7.09. The molecule has 0 atom stereocenters. The van der Waals surface area contributed by atoms with Crippen LogP contribution in [-0.2, 0) is 4.74 Å². The number of hydrogen-bond acceptors (Lipinski definition) is 2. The molecule has 1 aliphatic heterocycles. The van der Waals surface area contributed by atoms with Gasteiger partial charge in [0.1, 0.15) is 0 Å². The van der Waals surface area contributed by atoms with Crippen LogP contribution in [0.3, 0.4) is 0 Å². The number of benzene rings is 1. The molecule has 82 valence electrons. The predicted octanol–water partition coefficient (Wildman–Crippen LogP) is 3.21. The Bertz CT molecular complexity index is 361. The summed E-state index contributed by atoms with van der Waals surface area (Å²) in [6.07, 6.45) is 0. The molecular formula is C12H16BrNO. The van der Waals surface area contributed by atoms with Gasteiger partial charge in [0.05, 0.1) is 13.2 Å². The minimum absolute atomic E-state index is 0.314. The molecule has 0 spiro atoms. The Labute approximate surface area is 99.1 Å². The van der Waals surface area contributed by atoms with Gasteiger partial charge >= 0.3 is 0 Å². The van der Waals surface area contributed by atoms with Crippen molar-refractivity contribution in [3.05, 3.63) is 28.2 Å². The topological polar surface area (TPSA) is 21.3 Å². The summed E-state index contributed by atoms with van der Waals surface area (Å²) >= 11 is 3.48.